The molecule has 170 valence electrons. The number of carbonyl (C=O) groups excluding carboxylic acids is 1. The van der Waals surface area contributed by atoms with Gasteiger partial charge in [-0.05, 0) is 48.0 Å². The first-order valence-corrected chi connectivity index (χ1v) is 14.0. The quantitative estimate of drug-likeness (QED) is 0.292. The predicted octanol–water partition coefficient (Wildman–Crippen LogP) is 6.05. The van der Waals surface area contributed by atoms with Crippen LogP contribution in [0.4, 0.5) is 5.13 Å². The topological polar surface area (TPSA) is 67.3 Å². The van der Waals surface area contributed by atoms with Crippen molar-refractivity contribution < 1.29 is 13.2 Å². The normalized spacial score (nSPS) is 11.8. The van der Waals surface area contributed by atoms with Crippen LogP contribution in [0.15, 0.2) is 82.6 Å². The van der Waals surface area contributed by atoms with Crippen molar-refractivity contribution in [1.29, 1.82) is 0 Å². The highest BCUT2D eigenvalue weighted by Crippen LogP contribution is 2.33. The largest absolute Gasteiger partial charge is 0.279 e. The lowest BCUT2D eigenvalue weighted by atomic mass is 10.1. The summed E-state index contributed by atoms with van der Waals surface area (Å²) in [5.41, 5.74) is 2.22. The number of rotatable bonds is 7. The molecule has 0 unspecified atom stereocenters. The van der Waals surface area contributed by atoms with Crippen LogP contribution < -0.4 is 4.90 Å². The van der Waals surface area contributed by atoms with Gasteiger partial charge in [0.2, 0.25) is 0 Å². The Balaban J connectivity index is 1.72. The van der Waals surface area contributed by atoms with Crippen molar-refractivity contribution in [3.05, 3.63) is 83.9 Å². The molecule has 0 atom stereocenters. The Bertz CT molecular complexity index is 1380. The van der Waals surface area contributed by atoms with Gasteiger partial charge < -0.3 is 0 Å². The number of hydrogen-bond donors (Lipinski definition) is 0. The smallest absolute Gasteiger partial charge is 0.260 e. The third-order valence-corrected chi connectivity index (χ3v) is 8.08. The van der Waals surface area contributed by atoms with Gasteiger partial charge in [0.05, 0.1) is 21.7 Å². The van der Waals surface area contributed by atoms with E-state index in [0.29, 0.717) is 28.0 Å². The van der Waals surface area contributed by atoms with Crippen molar-refractivity contribution >= 4 is 54.2 Å². The standard InChI is InChI=1S/C25H24N2O3S3/c1-17(2)31-20-11-9-19(10-12-20)24(28)27(16-18-7-5-4-6-8-18)25-26-22-14-13-21(33(3,29)30)15-23(22)32-25/h4-15,17H,16H2,1-3H3. The van der Waals surface area contributed by atoms with E-state index in [0.717, 1.165) is 15.2 Å². The van der Waals surface area contributed by atoms with Crippen LogP contribution in [0, 0.1) is 0 Å². The van der Waals surface area contributed by atoms with Crippen LogP contribution in [0.5, 0.6) is 0 Å². The number of aromatic nitrogens is 1. The number of benzene rings is 3. The Morgan fingerprint density at radius 3 is 2.36 bits per heavy atom. The highest BCUT2D eigenvalue weighted by Gasteiger charge is 2.22. The second kappa shape index (κ2) is 9.67. The summed E-state index contributed by atoms with van der Waals surface area (Å²) in [6.07, 6.45) is 1.18. The molecule has 0 saturated heterocycles. The number of thiazole rings is 1. The van der Waals surface area contributed by atoms with E-state index >= 15 is 0 Å². The lowest BCUT2D eigenvalue weighted by Crippen LogP contribution is -2.30. The highest BCUT2D eigenvalue weighted by atomic mass is 32.2. The van der Waals surface area contributed by atoms with Gasteiger partial charge in [-0.25, -0.2) is 13.4 Å². The number of carbonyl (C=O) groups is 1. The molecule has 33 heavy (non-hydrogen) atoms. The van der Waals surface area contributed by atoms with Crippen molar-refractivity contribution in [3.8, 4) is 0 Å². The zero-order chi connectivity index (χ0) is 23.6. The predicted molar refractivity (Wildman–Crippen MR) is 137 cm³/mol. The van der Waals surface area contributed by atoms with Crippen LogP contribution in [0.1, 0.15) is 29.8 Å². The Hall–Kier alpha value is -2.68. The lowest BCUT2D eigenvalue weighted by molar-refractivity contribution is 0.0985. The number of thioether (sulfide) groups is 1. The summed E-state index contributed by atoms with van der Waals surface area (Å²) in [6, 6.07) is 22.2. The van der Waals surface area contributed by atoms with Gasteiger partial charge in [0.25, 0.3) is 5.91 Å². The second-order valence-corrected chi connectivity index (χ2v) is 12.6. The molecule has 3 aromatic carbocycles. The zero-order valence-electron chi connectivity index (χ0n) is 18.6. The molecular formula is C25H24N2O3S3. The molecule has 0 saturated carbocycles. The molecule has 0 N–H and O–H groups in total. The van der Waals surface area contributed by atoms with Crippen molar-refractivity contribution in [2.75, 3.05) is 11.2 Å². The number of anilines is 1. The minimum absolute atomic E-state index is 0.151. The Kier molecular flexibility index (Phi) is 6.88. The Morgan fingerprint density at radius 1 is 1.03 bits per heavy atom. The minimum Gasteiger partial charge on any atom is -0.279 e. The molecule has 0 radical (unpaired) electrons. The summed E-state index contributed by atoms with van der Waals surface area (Å²) in [5.74, 6) is -0.151. The molecule has 1 aromatic heterocycles. The van der Waals surface area contributed by atoms with Gasteiger partial charge in [-0.2, -0.15) is 0 Å². The van der Waals surface area contributed by atoms with Crippen LogP contribution in [-0.4, -0.2) is 30.8 Å². The average molecular weight is 497 g/mol. The molecule has 0 aliphatic rings. The molecule has 0 spiro atoms. The van der Waals surface area contributed by atoms with E-state index < -0.39 is 9.84 Å². The summed E-state index contributed by atoms with van der Waals surface area (Å²) in [7, 11) is -3.33. The molecule has 8 heteroatoms. The van der Waals surface area contributed by atoms with E-state index in [9.17, 15) is 13.2 Å². The average Bonchev–Trinajstić information content (AvgIpc) is 3.20. The molecule has 0 aliphatic heterocycles. The van der Waals surface area contributed by atoms with Crippen LogP contribution in [-0.2, 0) is 16.4 Å². The second-order valence-electron chi connectivity index (χ2n) is 7.97. The summed E-state index contributed by atoms with van der Waals surface area (Å²) in [4.78, 5) is 21.2. The first-order valence-electron chi connectivity index (χ1n) is 10.4. The number of sulfone groups is 1. The summed E-state index contributed by atoms with van der Waals surface area (Å²) in [6.45, 7) is 4.63. The third kappa shape index (κ3) is 5.63. The maximum Gasteiger partial charge on any atom is 0.260 e. The Labute approximate surface area is 202 Å². The van der Waals surface area contributed by atoms with E-state index in [1.165, 1.54) is 17.6 Å². The third-order valence-electron chi connectivity index (χ3n) is 4.91. The van der Waals surface area contributed by atoms with Gasteiger partial charge in [-0.1, -0.05) is 55.5 Å². The zero-order valence-corrected chi connectivity index (χ0v) is 21.0. The number of hydrogen-bond acceptors (Lipinski definition) is 6. The summed E-state index contributed by atoms with van der Waals surface area (Å²) >= 11 is 3.06. The first kappa shape index (κ1) is 23.5. The molecule has 0 fully saturated rings. The molecule has 0 bridgehead atoms. The highest BCUT2D eigenvalue weighted by molar-refractivity contribution is 7.99. The molecule has 5 nitrogen and oxygen atoms in total. The number of fused-ring (bicyclic) bond motifs is 1. The summed E-state index contributed by atoms with van der Waals surface area (Å²) in [5, 5.41) is 0.992. The minimum atomic E-state index is -3.33. The van der Waals surface area contributed by atoms with Crippen molar-refractivity contribution in [3.63, 3.8) is 0 Å². The van der Waals surface area contributed by atoms with Crippen molar-refractivity contribution in [1.82, 2.24) is 4.98 Å². The van der Waals surface area contributed by atoms with Gasteiger partial charge in [0.15, 0.2) is 15.0 Å². The van der Waals surface area contributed by atoms with Gasteiger partial charge in [0.1, 0.15) is 0 Å². The first-order chi connectivity index (χ1) is 15.7. The molecule has 1 amide bonds. The number of nitrogens with zero attached hydrogens (tertiary/aromatic N) is 2. The van der Waals surface area contributed by atoms with Gasteiger partial charge >= 0.3 is 0 Å². The van der Waals surface area contributed by atoms with Gasteiger partial charge in [-0.15, -0.1) is 11.8 Å². The maximum absolute atomic E-state index is 13.6. The van der Waals surface area contributed by atoms with E-state index in [-0.39, 0.29) is 10.8 Å². The van der Waals surface area contributed by atoms with E-state index in [4.69, 9.17) is 0 Å². The van der Waals surface area contributed by atoms with E-state index in [2.05, 4.69) is 18.8 Å². The molecular weight excluding hydrogens is 472 g/mol. The van der Waals surface area contributed by atoms with Crippen LogP contribution >= 0.6 is 23.1 Å². The van der Waals surface area contributed by atoms with Gasteiger partial charge in [0, 0.05) is 22.0 Å². The van der Waals surface area contributed by atoms with Crippen molar-refractivity contribution in [2.24, 2.45) is 0 Å². The maximum atomic E-state index is 13.6. The van der Waals surface area contributed by atoms with Crippen LogP contribution in [0.3, 0.4) is 0 Å². The van der Waals surface area contributed by atoms with Gasteiger partial charge in [-0.3, -0.25) is 9.69 Å². The summed E-state index contributed by atoms with van der Waals surface area (Å²) < 4.78 is 24.7. The fourth-order valence-electron chi connectivity index (χ4n) is 3.34. The van der Waals surface area contributed by atoms with E-state index in [1.807, 2.05) is 54.6 Å². The monoisotopic (exact) mass is 496 g/mol. The SMILES string of the molecule is CC(C)Sc1ccc(C(=O)N(Cc2ccccc2)c2nc3ccc(S(C)(=O)=O)cc3s2)cc1. The Morgan fingerprint density at radius 2 is 1.73 bits per heavy atom. The molecule has 1 heterocycles. The lowest BCUT2D eigenvalue weighted by Gasteiger charge is -2.20. The molecule has 0 aliphatic carbocycles. The molecule has 4 aromatic rings. The van der Waals surface area contributed by atoms with E-state index in [1.54, 1.807) is 34.9 Å². The fraction of sp³-hybridized carbons (Fsp3) is 0.200. The van der Waals surface area contributed by atoms with Crippen LogP contribution in [0.2, 0.25) is 0 Å². The fourth-order valence-corrected chi connectivity index (χ4v) is 5.90. The molecule has 4 rings (SSSR count). The van der Waals surface area contributed by atoms with Crippen molar-refractivity contribution in [2.45, 2.75) is 35.4 Å². The number of amides is 1. The van der Waals surface area contributed by atoms with Crippen LogP contribution in [0.25, 0.3) is 10.2 Å².